The van der Waals surface area contributed by atoms with Crippen molar-refractivity contribution in [1.29, 1.82) is 0 Å². The molecule has 6 rings (SSSR count). The van der Waals surface area contributed by atoms with Gasteiger partial charge >= 0.3 is 0 Å². The van der Waals surface area contributed by atoms with Crippen molar-refractivity contribution in [3.8, 4) is 11.3 Å². The molecular weight excluding hydrogens is 506 g/mol. The topological polar surface area (TPSA) is 38.5 Å². The maximum Gasteiger partial charge on any atom is 0.0923 e. The van der Waals surface area contributed by atoms with Crippen LogP contribution in [-0.4, -0.2) is 76.1 Å². The Labute approximate surface area is 237 Å². The fraction of sp³-hybridized carbons (Fsp3) is 0.469. The third-order valence-electron chi connectivity index (χ3n) is 8.69. The highest BCUT2D eigenvalue weighted by atomic mass is 35.5. The summed E-state index contributed by atoms with van der Waals surface area (Å²) in [6.45, 7) is 10.3. The molecule has 1 aliphatic carbocycles. The summed E-state index contributed by atoms with van der Waals surface area (Å²) in [5.41, 5.74) is 4.58. The van der Waals surface area contributed by atoms with Crippen LogP contribution in [0.25, 0.3) is 22.2 Å². The Morgan fingerprint density at radius 1 is 0.897 bits per heavy atom. The van der Waals surface area contributed by atoms with Crippen molar-refractivity contribution in [2.24, 2.45) is 0 Å². The van der Waals surface area contributed by atoms with Gasteiger partial charge in [0.1, 0.15) is 0 Å². The third-order valence-corrected chi connectivity index (χ3v) is 9.06. The number of fused-ring (bicyclic) bond motifs is 1. The van der Waals surface area contributed by atoms with Gasteiger partial charge in [-0.2, -0.15) is 5.10 Å². The van der Waals surface area contributed by atoms with E-state index in [1.165, 1.54) is 68.3 Å². The zero-order chi connectivity index (χ0) is 26.6. The Morgan fingerprint density at radius 3 is 2.49 bits per heavy atom. The quantitative estimate of drug-likeness (QED) is 0.230. The molecule has 4 aromatic rings. The molecule has 7 heteroatoms. The van der Waals surface area contributed by atoms with Gasteiger partial charge in [-0.25, -0.2) is 0 Å². The Hall–Kier alpha value is -2.64. The molecule has 3 heterocycles. The van der Waals surface area contributed by atoms with Crippen molar-refractivity contribution in [3.05, 3.63) is 77.6 Å². The van der Waals surface area contributed by atoms with E-state index in [1.807, 2.05) is 18.2 Å². The molecule has 0 atom stereocenters. The first-order chi connectivity index (χ1) is 19.2. The number of benzene rings is 2. The third kappa shape index (κ3) is 6.09. The largest absolute Gasteiger partial charge is 0.380 e. The minimum absolute atomic E-state index is 0.503. The van der Waals surface area contributed by atoms with Crippen LogP contribution in [0.1, 0.15) is 44.2 Å². The van der Waals surface area contributed by atoms with E-state index in [1.54, 1.807) is 0 Å². The second kappa shape index (κ2) is 12.3. The van der Waals surface area contributed by atoms with Crippen molar-refractivity contribution in [1.82, 2.24) is 24.1 Å². The maximum absolute atomic E-state index is 6.40. The first-order valence-corrected chi connectivity index (χ1v) is 15.0. The fourth-order valence-corrected chi connectivity index (χ4v) is 6.58. The predicted octanol–water partition coefficient (Wildman–Crippen LogP) is 6.34. The van der Waals surface area contributed by atoms with E-state index in [0.29, 0.717) is 6.04 Å². The van der Waals surface area contributed by atoms with Crippen LogP contribution in [0.3, 0.4) is 0 Å². The lowest BCUT2D eigenvalue weighted by atomic mass is 9.90. The number of rotatable bonds is 9. The maximum atomic E-state index is 6.40. The standard InChI is InChI=1S/C32H40ClN5O/c1-2-39-22-21-35-17-19-36(20-18-35)28-8-10-29(11-9-28)38-16-14-31(34-38)25-7-12-32-26(23-25)13-15-37(32)24-27-5-3-4-6-30(27)33/h3-7,12-16,23,28-29H,2,8-11,17-22,24H2,1H3. The summed E-state index contributed by atoms with van der Waals surface area (Å²) in [5, 5.41) is 7.08. The molecule has 6 nitrogen and oxygen atoms in total. The van der Waals surface area contributed by atoms with Crippen molar-refractivity contribution < 1.29 is 4.74 Å². The molecule has 0 bridgehead atoms. The first kappa shape index (κ1) is 26.6. The van der Waals surface area contributed by atoms with Gasteiger partial charge in [-0.15, -0.1) is 0 Å². The van der Waals surface area contributed by atoms with Gasteiger partial charge in [-0.3, -0.25) is 14.5 Å². The molecule has 2 aliphatic rings. The molecule has 0 N–H and O–H groups in total. The smallest absolute Gasteiger partial charge is 0.0923 e. The zero-order valence-electron chi connectivity index (χ0n) is 23.0. The van der Waals surface area contributed by atoms with Gasteiger partial charge < -0.3 is 9.30 Å². The normalized spacial score (nSPS) is 21.1. The van der Waals surface area contributed by atoms with Gasteiger partial charge in [0, 0.05) is 85.8 Å². The second-order valence-corrected chi connectivity index (χ2v) is 11.4. The lowest BCUT2D eigenvalue weighted by Gasteiger charge is -2.42. The minimum atomic E-state index is 0.503. The summed E-state index contributed by atoms with van der Waals surface area (Å²) < 4.78 is 10.0. The van der Waals surface area contributed by atoms with E-state index in [4.69, 9.17) is 21.4 Å². The predicted molar refractivity (Wildman–Crippen MR) is 160 cm³/mol. The van der Waals surface area contributed by atoms with Crippen molar-refractivity contribution in [3.63, 3.8) is 0 Å². The van der Waals surface area contributed by atoms with Gasteiger partial charge in [-0.1, -0.05) is 35.9 Å². The molecule has 2 fully saturated rings. The van der Waals surface area contributed by atoms with Crippen LogP contribution in [0, 0.1) is 0 Å². The van der Waals surface area contributed by atoms with Gasteiger partial charge in [0.25, 0.3) is 0 Å². The number of hydrogen-bond acceptors (Lipinski definition) is 4. The monoisotopic (exact) mass is 545 g/mol. The summed E-state index contributed by atoms with van der Waals surface area (Å²) in [6, 6.07) is 20.3. The molecule has 0 radical (unpaired) electrons. The number of ether oxygens (including phenoxy) is 1. The molecule has 2 aromatic heterocycles. The Balaban J connectivity index is 1.04. The molecule has 0 unspecified atom stereocenters. The van der Waals surface area contributed by atoms with E-state index >= 15 is 0 Å². The molecule has 0 amide bonds. The molecule has 0 spiro atoms. The second-order valence-electron chi connectivity index (χ2n) is 11.0. The van der Waals surface area contributed by atoms with Crippen molar-refractivity contribution >= 4 is 22.5 Å². The van der Waals surface area contributed by atoms with Gasteiger partial charge in [0.05, 0.1) is 18.3 Å². The van der Waals surface area contributed by atoms with Crippen LogP contribution >= 0.6 is 11.6 Å². The van der Waals surface area contributed by atoms with Crippen LogP contribution < -0.4 is 0 Å². The zero-order valence-corrected chi connectivity index (χ0v) is 23.8. The van der Waals surface area contributed by atoms with Crippen LogP contribution in [0.4, 0.5) is 0 Å². The molecular formula is C32H40ClN5O. The van der Waals surface area contributed by atoms with E-state index < -0.39 is 0 Å². The number of piperazine rings is 1. The Kier molecular flexibility index (Phi) is 8.35. The lowest BCUT2D eigenvalue weighted by Crippen LogP contribution is -2.51. The fourth-order valence-electron chi connectivity index (χ4n) is 6.38. The van der Waals surface area contributed by atoms with Crippen LogP contribution in [0.15, 0.2) is 67.0 Å². The van der Waals surface area contributed by atoms with Gasteiger partial charge in [0.2, 0.25) is 0 Å². The summed E-state index contributed by atoms with van der Waals surface area (Å²) in [7, 11) is 0. The van der Waals surface area contributed by atoms with Gasteiger partial charge in [-0.05, 0) is 68.5 Å². The molecule has 2 aromatic carbocycles. The molecule has 1 saturated heterocycles. The van der Waals surface area contributed by atoms with Crippen molar-refractivity contribution in [2.45, 2.75) is 51.2 Å². The number of aromatic nitrogens is 3. The molecule has 1 saturated carbocycles. The van der Waals surface area contributed by atoms with E-state index in [9.17, 15) is 0 Å². The lowest BCUT2D eigenvalue weighted by molar-refractivity contribution is 0.0505. The number of halogens is 1. The highest BCUT2D eigenvalue weighted by Crippen LogP contribution is 2.33. The van der Waals surface area contributed by atoms with E-state index in [0.717, 1.165) is 48.6 Å². The van der Waals surface area contributed by atoms with Crippen molar-refractivity contribution in [2.75, 3.05) is 45.9 Å². The highest BCUT2D eigenvalue weighted by molar-refractivity contribution is 6.31. The van der Waals surface area contributed by atoms with Crippen LogP contribution in [0.2, 0.25) is 5.02 Å². The van der Waals surface area contributed by atoms with Crippen LogP contribution in [-0.2, 0) is 11.3 Å². The highest BCUT2D eigenvalue weighted by Gasteiger charge is 2.29. The average molecular weight is 546 g/mol. The molecule has 1 aliphatic heterocycles. The first-order valence-electron chi connectivity index (χ1n) is 14.6. The molecule has 39 heavy (non-hydrogen) atoms. The Morgan fingerprint density at radius 2 is 1.69 bits per heavy atom. The SMILES string of the molecule is CCOCCN1CCN(C2CCC(n3ccc(-c4ccc5c(ccn5Cc5ccccc5Cl)c4)n3)CC2)CC1. The summed E-state index contributed by atoms with van der Waals surface area (Å²) >= 11 is 6.40. The number of hydrogen-bond donors (Lipinski definition) is 0. The Bertz CT molecular complexity index is 1360. The van der Waals surface area contributed by atoms with Crippen LogP contribution in [0.5, 0.6) is 0 Å². The van der Waals surface area contributed by atoms with E-state index in [2.05, 4.69) is 74.8 Å². The minimum Gasteiger partial charge on any atom is -0.380 e. The molecule has 206 valence electrons. The van der Waals surface area contributed by atoms with E-state index in [-0.39, 0.29) is 0 Å². The number of nitrogens with zero attached hydrogens (tertiary/aromatic N) is 5. The van der Waals surface area contributed by atoms with Gasteiger partial charge in [0.15, 0.2) is 0 Å². The summed E-state index contributed by atoms with van der Waals surface area (Å²) in [5.74, 6) is 0. The average Bonchev–Trinajstić information content (AvgIpc) is 3.63. The summed E-state index contributed by atoms with van der Waals surface area (Å²) in [4.78, 5) is 5.28. The summed E-state index contributed by atoms with van der Waals surface area (Å²) in [6.07, 6.45) is 9.29.